The molecule has 0 saturated carbocycles. The molecule has 27 heavy (non-hydrogen) atoms. The lowest BCUT2D eigenvalue weighted by Gasteiger charge is -2.27. The van der Waals surface area contributed by atoms with Gasteiger partial charge in [0, 0.05) is 41.4 Å². The molecule has 0 bridgehead atoms. The van der Waals surface area contributed by atoms with Gasteiger partial charge in [0.15, 0.2) is 6.61 Å². The van der Waals surface area contributed by atoms with E-state index in [0.717, 1.165) is 40.2 Å². The summed E-state index contributed by atoms with van der Waals surface area (Å²) in [5.74, 6) is 0.723. The maximum atomic E-state index is 12.7. The van der Waals surface area contributed by atoms with Crippen LogP contribution in [0.5, 0.6) is 5.75 Å². The minimum absolute atomic E-state index is 0.0211. The smallest absolute Gasteiger partial charge is 0.260 e. The summed E-state index contributed by atoms with van der Waals surface area (Å²) in [6, 6.07) is 15.3. The van der Waals surface area contributed by atoms with Crippen molar-refractivity contribution in [3.63, 3.8) is 0 Å². The molecule has 0 fully saturated rings. The Morgan fingerprint density at radius 3 is 2.78 bits per heavy atom. The van der Waals surface area contributed by atoms with E-state index in [1.165, 1.54) is 0 Å². The van der Waals surface area contributed by atoms with E-state index in [1.807, 2.05) is 60.4 Å². The molecule has 138 valence electrons. The highest BCUT2D eigenvalue weighted by Gasteiger charge is 2.26. The molecule has 5 nitrogen and oxygen atoms in total. The minimum Gasteiger partial charge on any atom is -0.484 e. The lowest BCUT2D eigenvalue weighted by Crippen LogP contribution is -2.38. The molecule has 2 heterocycles. The fraction of sp³-hybridized carbons (Fsp3) is 0.238. The fourth-order valence-corrected chi connectivity index (χ4v) is 3.43. The number of nitrogens with zero attached hydrogens (tertiary/aromatic N) is 2. The Labute approximate surface area is 162 Å². The average Bonchev–Trinajstić information content (AvgIpc) is 3.11. The number of H-pyrrole nitrogens is 1. The molecule has 0 unspecified atom stereocenters. The number of aromatic nitrogens is 2. The van der Waals surface area contributed by atoms with Crippen LogP contribution in [-0.4, -0.2) is 34.2 Å². The second-order valence-electron chi connectivity index (χ2n) is 6.66. The molecule has 0 radical (unpaired) electrons. The zero-order valence-electron chi connectivity index (χ0n) is 15.0. The quantitative estimate of drug-likeness (QED) is 0.743. The second kappa shape index (κ2) is 7.45. The van der Waals surface area contributed by atoms with Gasteiger partial charge in [0.05, 0.1) is 5.69 Å². The zero-order valence-corrected chi connectivity index (χ0v) is 15.8. The first kappa shape index (κ1) is 17.6. The molecule has 0 saturated heterocycles. The van der Waals surface area contributed by atoms with Crippen molar-refractivity contribution in [3.8, 4) is 17.0 Å². The van der Waals surface area contributed by atoms with E-state index < -0.39 is 0 Å². The first-order chi connectivity index (χ1) is 13.1. The van der Waals surface area contributed by atoms with Crippen molar-refractivity contribution in [2.45, 2.75) is 19.9 Å². The van der Waals surface area contributed by atoms with Crippen molar-refractivity contribution < 1.29 is 9.53 Å². The summed E-state index contributed by atoms with van der Waals surface area (Å²) < 4.78 is 5.72. The Hall–Kier alpha value is -2.79. The van der Waals surface area contributed by atoms with Gasteiger partial charge in [0.1, 0.15) is 5.75 Å². The van der Waals surface area contributed by atoms with Gasteiger partial charge in [-0.2, -0.15) is 5.10 Å². The summed E-state index contributed by atoms with van der Waals surface area (Å²) in [5.41, 5.74) is 5.03. The van der Waals surface area contributed by atoms with Gasteiger partial charge in [-0.25, -0.2) is 0 Å². The number of halogens is 1. The molecule has 1 amide bonds. The Kier molecular flexibility index (Phi) is 4.86. The molecule has 0 spiro atoms. The van der Waals surface area contributed by atoms with Crippen molar-refractivity contribution in [1.29, 1.82) is 0 Å². The van der Waals surface area contributed by atoms with Crippen LogP contribution in [0.15, 0.2) is 48.5 Å². The number of aromatic amines is 1. The van der Waals surface area contributed by atoms with Crippen molar-refractivity contribution in [1.82, 2.24) is 15.1 Å². The molecule has 0 atom stereocenters. The molecule has 0 aliphatic carbocycles. The third-order valence-corrected chi connectivity index (χ3v) is 5.10. The van der Waals surface area contributed by atoms with Crippen LogP contribution in [0.1, 0.15) is 16.8 Å². The molecule has 4 rings (SSSR count). The van der Waals surface area contributed by atoms with E-state index in [0.29, 0.717) is 18.1 Å². The zero-order chi connectivity index (χ0) is 18.8. The van der Waals surface area contributed by atoms with E-state index >= 15 is 0 Å². The van der Waals surface area contributed by atoms with Gasteiger partial charge in [-0.3, -0.25) is 9.89 Å². The van der Waals surface area contributed by atoms with Gasteiger partial charge in [-0.15, -0.1) is 0 Å². The third kappa shape index (κ3) is 3.69. The maximum absolute atomic E-state index is 12.7. The summed E-state index contributed by atoms with van der Waals surface area (Å²) in [6.07, 6.45) is 0.756. The molecule has 2 aromatic carbocycles. The van der Waals surface area contributed by atoms with Crippen molar-refractivity contribution >= 4 is 17.5 Å². The van der Waals surface area contributed by atoms with Crippen LogP contribution in [0, 0.1) is 6.92 Å². The van der Waals surface area contributed by atoms with E-state index in [9.17, 15) is 4.79 Å². The summed E-state index contributed by atoms with van der Waals surface area (Å²) in [5, 5.41) is 8.26. The number of para-hydroxylation sites is 1. The Balaban J connectivity index is 1.47. The van der Waals surface area contributed by atoms with E-state index in [1.54, 1.807) is 0 Å². The first-order valence-corrected chi connectivity index (χ1v) is 9.28. The molecular weight excluding hydrogens is 362 g/mol. The fourth-order valence-electron chi connectivity index (χ4n) is 3.30. The average molecular weight is 382 g/mol. The van der Waals surface area contributed by atoms with Crippen LogP contribution in [0.3, 0.4) is 0 Å². The third-order valence-electron chi connectivity index (χ3n) is 4.85. The van der Waals surface area contributed by atoms with Gasteiger partial charge in [0.25, 0.3) is 5.91 Å². The number of hydrogen-bond donors (Lipinski definition) is 1. The molecular formula is C21H20ClN3O2. The molecule has 6 heteroatoms. The van der Waals surface area contributed by atoms with Crippen molar-refractivity contribution in [2.75, 3.05) is 13.2 Å². The highest BCUT2D eigenvalue weighted by Crippen LogP contribution is 2.29. The number of ether oxygens (including phenoxy) is 1. The number of carbonyl (C=O) groups excluding carboxylic acids is 1. The van der Waals surface area contributed by atoms with E-state index in [4.69, 9.17) is 16.3 Å². The highest BCUT2D eigenvalue weighted by atomic mass is 35.5. The predicted molar refractivity (Wildman–Crippen MR) is 105 cm³/mol. The van der Waals surface area contributed by atoms with Crippen LogP contribution in [0.2, 0.25) is 5.02 Å². The maximum Gasteiger partial charge on any atom is 0.260 e. The number of rotatable bonds is 4. The number of fused-ring (bicyclic) bond motifs is 1. The first-order valence-electron chi connectivity index (χ1n) is 8.90. The SMILES string of the molecule is Cc1ccccc1OCC(=O)N1CCc2[nH]nc(-c3ccc(Cl)cc3)c2C1. The number of carbonyl (C=O) groups is 1. The second-order valence-corrected chi connectivity index (χ2v) is 7.09. The predicted octanol–water partition coefficient (Wildman–Crippen LogP) is 4.00. The monoisotopic (exact) mass is 381 g/mol. The summed E-state index contributed by atoms with van der Waals surface area (Å²) >= 11 is 5.98. The van der Waals surface area contributed by atoms with Gasteiger partial charge >= 0.3 is 0 Å². The van der Waals surface area contributed by atoms with Crippen LogP contribution in [0.4, 0.5) is 0 Å². The molecule has 1 aromatic heterocycles. The Morgan fingerprint density at radius 2 is 2.00 bits per heavy atom. The number of amides is 1. The van der Waals surface area contributed by atoms with Gasteiger partial charge < -0.3 is 9.64 Å². The largest absolute Gasteiger partial charge is 0.484 e. The molecule has 3 aromatic rings. The van der Waals surface area contributed by atoms with Gasteiger partial charge in [-0.05, 0) is 30.7 Å². The van der Waals surface area contributed by atoms with Crippen LogP contribution < -0.4 is 4.74 Å². The lowest BCUT2D eigenvalue weighted by atomic mass is 10.0. The van der Waals surface area contributed by atoms with E-state index in [-0.39, 0.29) is 12.5 Å². The number of nitrogens with one attached hydrogen (secondary N) is 1. The number of benzene rings is 2. The summed E-state index contributed by atoms with van der Waals surface area (Å²) in [4.78, 5) is 14.5. The highest BCUT2D eigenvalue weighted by molar-refractivity contribution is 6.30. The molecule has 1 aliphatic heterocycles. The normalized spacial score (nSPS) is 13.3. The van der Waals surface area contributed by atoms with Crippen molar-refractivity contribution in [3.05, 3.63) is 70.4 Å². The minimum atomic E-state index is -0.0211. The number of aryl methyl sites for hydroxylation is 1. The molecule has 1 N–H and O–H groups in total. The van der Waals surface area contributed by atoms with Crippen molar-refractivity contribution in [2.24, 2.45) is 0 Å². The summed E-state index contributed by atoms with van der Waals surface area (Å²) in [6.45, 7) is 3.19. The van der Waals surface area contributed by atoms with E-state index in [2.05, 4.69) is 10.2 Å². The van der Waals surface area contributed by atoms with Crippen LogP contribution >= 0.6 is 11.6 Å². The van der Waals surface area contributed by atoms with Gasteiger partial charge in [0.2, 0.25) is 0 Å². The standard InChI is InChI=1S/C21H20ClN3O2/c1-14-4-2-3-5-19(14)27-13-20(26)25-11-10-18-17(12-25)21(24-23-18)15-6-8-16(22)9-7-15/h2-9H,10-13H2,1H3,(H,23,24). The Morgan fingerprint density at radius 1 is 1.22 bits per heavy atom. The molecule has 1 aliphatic rings. The lowest BCUT2D eigenvalue weighted by molar-refractivity contribution is -0.134. The summed E-state index contributed by atoms with van der Waals surface area (Å²) in [7, 11) is 0. The van der Waals surface area contributed by atoms with Crippen LogP contribution in [0.25, 0.3) is 11.3 Å². The number of hydrogen-bond acceptors (Lipinski definition) is 3. The Bertz CT molecular complexity index is 966. The van der Waals surface area contributed by atoms with Crippen LogP contribution in [-0.2, 0) is 17.8 Å². The topological polar surface area (TPSA) is 58.2 Å². The van der Waals surface area contributed by atoms with Gasteiger partial charge in [-0.1, -0.05) is 41.9 Å².